The van der Waals surface area contributed by atoms with Crippen molar-refractivity contribution in [1.29, 1.82) is 0 Å². The Labute approximate surface area is 149 Å². The molecule has 0 bridgehead atoms. The summed E-state index contributed by atoms with van der Waals surface area (Å²) in [7, 11) is 0. The zero-order valence-corrected chi connectivity index (χ0v) is 14.5. The first-order valence-electron chi connectivity index (χ1n) is 8.93. The number of hydrogen-bond donors (Lipinski definition) is 1. The van der Waals surface area contributed by atoms with E-state index in [1.165, 1.54) is 5.56 Å². The molecule has 1 saturated heterocycles. The lowest BCUT2D eigenvalue weighted by Gasteiger charge is -2.16. The zero-order valence-electron chi connectivity index (χ0n) is 14.5. The molecule has 0 spiro atoms. The number of amides is 1. The van der Waals surface area contributed by atoms with Crippen LogP contribution in [0.1, 0.15) is 17.7 Å². The van der Waals surface area contributed by atoms with Crippen molar-refractivity contribution in [2.75, 3.05) is 26.2 Å². The van der Waals surface area contributed by atoms with Gasteiger partial charge in [0.25, 0.3) is 0 Å². The molecule has 1 aliphatic rings. The molecule has 3 rings (SSSR count). The van der Waals surface area contributed by atoms with E-state index in [4.69, 9.17) is 0 Å². The van der Waals surface area contributed by atoms with E-state index in [1.807, 2.05) is 18.2 Å². The van der Waals surface area contributed by atoms with Gasteiger partial charge in [-0.05, 0) is 49.1 Å². The van der Waals surface area contributed by atoms with E-state index in [1.54, 1.807) is 18.3 Å². The molecule has 2 heterocycles. The minimum Gasteiger partial charge on any atom is -0.352 e. The van der Waals surface area contributed by atoms with Crippen LogP contribution < -0.4 is 5.32 Å². The Morgan fingerprint density at radius 3 is 2.84 bits per heavy atom. The van der Waals surface area contributed by atoms with E-state index >= 15 is 0 Å². The zero-order chi connectivity index (χ0) is 17.3. The SMILES string of the molecule is O=C(/C=C\c1ccccn1)NC[C@H]1CCN(CCc2ccccc2)C1. The van der Waals surface area contributed by atoms with E-state index < -0.39 is 0 Å². The van der Waals surface area contributed by atoms with E-state index in [2.05, 4.69) is 45.5 Å². The molecule has 130 valence electrons. The Balaban J connectivity index is 1.35. The van der Waals surface area contributed by atoms with Gasteiger partial charge in [-0.15, -0.1) is 0 Å². The van der Waals surface area contributed by atoms with Gasteiger partial charge in [-0.25, -0.2) is 0 Å². The molecule has 1 aliphatic heterocycles. The summed E-state index contributed by atoms with van der Waals surface area (Å²) in [6.07, 6.45) is 7.27. The Kier molecular flexibility index (Phi) is 6.35. The third-order valence-corrected chi connectivity index (χ3v) is 4.59. The van der Waals surface area contributed by atoms with Crippen LogP contribution in [0.3, 0.4) is 0 Å². The molecule has 4 nitrogen and oxygen atoms in total. The quantitative estimate of drug-likeness (QED) is 0.792. The van der Waals surface area contributed by atoms with E-state index in [9.17, 15) is 4.79 Å². The topological polar surface area (TPSA) is 45.2 Å². The molecular weight excluding hydrogens is 310 g/mol. The second kappa shape index (κ2) is 9.14. The number of benzene rings is 1. The van der Waals surface area contributed by atoms with Crippen molar-refractivity contribution in [3.8, 4) is 0 Å². The molecule has 1 fully saturated rings. The fourth-order valence-corrected chi connectivity index (χ4v) is 3.15. The highest BCUT2D eigenvalue weighted by Gasteiger charge is 2.22. The predicted molar refractivity (Wildman–Crippen MR) is 101 cm³/mol. The highest BCUT2D eigenvalue weighted by Crippen LogP contribution is 2.16. The van der Waals surface area contributed by atoms with Crippen molar-refractivity contribution < 1.29 is 4.79 Å². The maximum Gasteiger partial charge on any atom is 0.244 e. The fraction of sp³-hybridized carbons (Fsp3) is 0.333. The Morgan fingerprint density at radius 1 is 1.20 bits per heavy atom. The molecule has 1 N–H and O–H groups in total. The van der Waals surface area contributed by atoms with Crippen LogP contribution in [0.2, 0.25) is 0 Å². The van der Waals surface area contributed by atoms with Gasteiger partial charge in [0.1, 0.15) is 0 Å². The molecule has 0 unspecified atom stereocenters. The Hall–Kier alpha value is -2.46. The summed E-state index contributed by atoms with van der Waals surface area (Å²) in [5.74, 6) is 0.497. The summed E-state index contributed by atoms with van der Waals surface area (Å²) in [5, 5.41) is 3.01. The summed E-state index contributed by atoms with van der Waals surface area (Å²) < 4.78 is 0. The molecule has 1 aromatic heterocycles. The second-order valence-corrected chi connectivity index (χ2v) is 6.52. The van der Waals surface area contributed by atoms with Crippen LogP contribution in [-0.2, 0) is 11.2 Å². The summed E-state index contributed by atoms with van der Waals surface area (Å²) in [6, 6.07) is 16.3. The van der Waals surface area contributed by atoms with Gasteiger partial charge < -0.3 is 10.2 Å². The predicted octanol–water partition coefficient (Wildman–Crippen LogP) is 2.78. The lowest BCUT2D eigenvalue weighted by Crippen LogP contribution is -2.30. The average Bonchev–Trinajstić information content (AvgIpc) is 3.13. The van der Waals surface area contributed by atoms with Gasteiger partial charge >= 0.3 is 0 Å². The molecular formula is C21H25N3O. The Morgan fingerprint density at radius 2 is 2.04 bits per heavy atom. The van der Waals surface area contributed by atoms with Gasteiger partial charge in [-0.1, -0.05) is 36.4 Å². The Bertz CT molecular complexity index is 685. The van der Waals surface area contributed by atoms with Crippen LogP contribution in [0, 0.1) is 5.92 Å². The van der Waals surface area contributed by atoms with E-state index in [-0.39, 0.29) is 5.91 Å². The summed E-state index contributed by atoms with van der Waals surface area (Å²) >= 11 is 0. The third-order valence-electron chi connectivity index (χ3n) is 4.59. The fourth-order valence-electron chi connectivity index (χ4n) is 3.15. The molecule has 1 atom stereocenters. The number of carbonyl (C=O) groups is 1. The number of carbonyl (C=O) groups excluding carboxylic acids is 1. The van der Waals surface area contributed by atoms with E-state index in [0.29, 0.717) is 5.92 Å². The van der Waals surface area contributed by atoms with Crippen molar-refractivity contribution in [2.45, 2.75) is 12.8 Å². The molecule has 0 aliphatic carbocycles. The maximum atomic E-state index is 11.9. The maximum absolute atomic E-state index is 11.9. The first kappa shape index (κ1) is 17.4. The van der Waals surface area contributed by atoms with Crippen molar-refractivity contribution in [1.82, 2.24) is 15.2 Å². The van der Waals surface area contributed by atoms with Crippen LogP contribution in [0.4, 0.5) is 0 Å². The summed E-state index contributed by atoms with van der Waals surface area (Å²) in [5.41, 5.74) is 2.18. The highest BCUT2D eigenvalue weighted by atomic mass is 16.1. The first-order chi connectivity index (χ1) is 12.3. The summed E-state index contributed by atoms with van der Waals surface area (Å²) in [4.78, 5) is 18.6. The van der Waals surface area contributed by atoms with Crippen LogP contribution >= 0.6 is 0 Å². The van der Waals surface area contributed by atoms with Gasteiger partial charge in [0.15, 0.2) is 0 Å². The van der Waals surface area contributed by atoms with Crippen LogP contribution in [0.15, 0.2) is 60.8 Å². The number of pyridine rings is 1. The lowest BCUT2D eigenvalue weighted by molar-refractivity contribution is -0.116. The van der Waals surface area contributed by atoms with Crippen molar-refractivity contribution >= 4 is 12.0 Å². The second-order valence-electron chi connectivity index (χ2n) is 6.52. The number of rotatable bonds is 7. The van der Waals surface area contributed by atoms with Crippen LogP contribution in [0.5, 0.6) is 0 Å². The molecule has 0 saturated carbocycles. The minimum atomic E-state index is -0.0478. The molecule has 1 aromatic carbocycles. The number of likely N-dealkylation sites (tertiary alicyclic amines) is 1. The molecule has 2 aromatic rings. The average molecular weight is 335 g/mol. The van der Waals surface area contributed by atoms with E-state index in [0.717, 1.165) is 44.7 Å². The number of nitrogens with one attached hydrogen (secondary N) is 1. The van der Waals surface area contributed by atoms with Gasteiger partial charge in [0.05, 0.1) is 5.69 Å². The van der Waals surface area contributed by atoms with Gasteiger partial charge in [0, 0.05) is 31.9 Å². The number of hydrogen-bond acceptors (Lipinski definition) is 3. The van der Waals surface area contributed by atoms with Crippen molar-refractivity contribution in [2.24, 2.45) is 5.92 Å². The van der Waals surface area contributed by atoms with Crippen molar-refractivity contribution in [3.05, 3.63) is 72.1 Å². The lowest BCUT2D eigenvalue weighted by atomic mass is 10.1. The standard InChI is InChI=1S/C21H25N3O/c25-21(10-9-20-8-4-5-13-22-20)23-16-19-12-15-24(17-19)14-11-18-6-2-1-3-7-18/h1-10,13,19H,11-12,14-17H2,(H,23,25)/b10-9-/t19-/m1/s1. The first-order valence-corrected chi connectivity index (χ1v) is 8.93. The normalized spacial score (nSPS) is 17.8. The molecule has 0 radical (unpaired) electrons. The summed E-state index contributed by atoms with van der Waals surface area (Å²) in [6.45, 7) is 4.02. The smallest absolute Gasteiger partial charge is 0.244 e. The molecule has 1 amide bonds. The van der Waals surface area contributed by atoms with Gasteiger partial charge in [-0.2, -0.15) is 0 Å². The van der Waals surface area contributed by atoms with Gasteiger partial charge in [-0.3, -0.25) is 9.78 Å². The van der Waals surface area contributed by atoms with Crippen LogP contribution in [-0.4, -0.2) is 42.0 Å². The minimum absolute atomic E-state index is 0.0478. The molecule has 4 heteroatoms. The number of nitrogens with zero attached hydrogens (tertiary/aromatic N) is 2. The third kappa shape index (κ3) is 5.84. The van der Waals surface area contributed by atoms with Crippen LogP contribution in [0.25, 0.3) is 6.08 Å². The highest BCUT2D eigenvalue weighted by molar-refractivity contribution is 5.91. The largest absolute Gasteiger partial charge is 0.352 e. The number of aromatic nitrogens is 1. The van der Waals surface area contributed by atoms with Gasteiger partial charge in [0.2, 0.25) is 5.91 Å². The monoisotopic (exact) mass is 335 g/mol. The van der Waals surface area contributed by atoms with Crippen molar-refractivity contribution in [3.63, 3.8) is 0 Å². The molecule has 25 heavy (non-hydrogen) atoms.